The second kappa shape index (κ2) is 9.83. The van der Waals surface area contributed by atoms with Crippen molar-refractivity contribution in [2.75, 3.05) is 26.8 Å². The fourth-order valence-corrected chi connectivity index (χ4v) is 4.22. The average Bonchev–Trinajstić information content (AvgIpc) is 3.36. The van der Waals surface area contributed by atoms with Crippen molar-refractivity contribution in [3.63, 3.8) is 0 Å². The summed E-state index contributed by atoms with van der Waals surface area (Å²) in [5, 5.41) is 3.12. The van der Waals surface area contributed by atoms with Crippen LogP contribution in [0.15, 0.2) is 57.9 Å². The number of carbonyl (C=O) groups is 3. The fourth-order valence-electron chi connectivity index (χ4n) is 3.35. The number of amides is 3. The van der Waals surface area contributed by atoms with Crippen molar-refractivity contribution in [1.82, 2.24) is 10.2 Å². The lowest BCUT2D eigenvalue weighted by atomic mass is 10.2. The van der Waals surface area contributed by atoms with E-state index in [-0.39, 0.29) is 24.1 Å². The maximum atomic E-state index is 12.7. The van der Waals surface area contributed by atoms with Crippen LogP contribution in [0.3, 0.4) is 0 Å². The molecule has 1 N–H and O–H groups in total. The second-order valence-corrected chi connectivity index (χ2v) is 8.07. The molecule has 0 unspecified atom stereocenters. The molecule has 0 aliphatic carbocycles. The van der Waals surface area contributed by atoms with Gasteiger partial charge in [0.15, 0.2) is 17.3 Å². The van der Waals surface area contributed by atoms with E-state index in [1.807, 2.05) is 25.1 Å². The molecular weight excluding hydrogens is 444 g/mol. The normalized spacial score (nSPS) is 14.8. The number of nitrogens with zero attached hydrogens (tertiary/aromatic N) is 1. The lowest BCUT2D eigenvalue weighted by Gasteiger charge is -2.12. The van der Waals surface area contributed by atoms with Gasteiger partial charge in [0.05, 0.1) is 18.6 Å². The van der Waals surface area contributed by atoms with E-state index in [9.17, 15) is 14.4 Å². The summed E-state index contributed by atoms with van der Waals surface area (Å²) in [5.41, 5.74) is 1.32. The molecule has 1 aliphatic heterocycles. The van der Waals surface area contributed by atoms with Crippen LogP contribution in [-0.4, -0.2) is 48.8 Å². The molecule has 0 atom stereocenters. The molecular formula is C24H22N2O6S. The summed E-state index contributed by atoms with van der Waals surface area (Å²) >= 11 is 0.858. The van der Waals surface area contributed by atoms with Crippen LogP contribution in [0.4, 0.5) is 4.79 Å². The first kappa shape index (κ1) is 22.5. The van der Waals surface area contributed by atoms with Crippen molar-refractivity contribution in [3.8, 4) is 11.5 Å². The lowest BCUT2D eigenvalue weighted by Crippen LogP contribution is -2.37. The molecule has 8 nitrogen and oxygen atoms in total. The van der Waals surface area contributed by atoms with Gasteiger partial charge >= 0.3 is 0 Å². The van der Waals surface area contributed by atoms with E-state index in [1.165, 1.54) is 7.11 Å². The smallest absolute Gasteiger partial charge is 0.293 e. The van der Waals surface area contributed by atoms with Crippen molar-refractivity contribution in [1.29, 1.82) is 0 Å². The zero-order valence-corrected chi connectivity index (χ0v) is 18.9. The lowest BCUT2D eigenvalue weighted by molar-refractivity contribution is -0.122. The standard InChI is InChI=1S/C24H22N2O6S/c1-3-31-18-9-8-15(12-19(18)30-2)13-21-23(28)26(24(29)33-21)11-10-25-22(27)20-14-16-6-4-5-7-17(16)32-20/h4-9,12-14H,3,10-11H2,1-2H3,(H,25,27)/b21-13+. The summed E-state index contributed by atoms with van der Waals surface area (Å²) in [5.74, 6) is 0.504. The van der Waals surface area contributed by atoms with Crippen LogP contribution in [0.1, 0.15) is 23.0 Å². The zero-order chi connectivity index (χ0) is 23.4. The molecule has 3 amide bonds. The van der Waals surface area contributed by atoms with Gasteiger partial charge in [-0.15, -0.1) is 0 Å². The van der Waals surface area contributed by atoms with Crippen LogP contribution in [0.25, 0.3) is 17.0 Å². The van der Waals surface area contributed by atoms with E-state index in [2.05, 4.69) is 5.32 Å². The summed E-state index contributed by atoms with van der Waals surface area (Å²) in [6.07, 6.45) is 1.64. The van der Waals surface area contributed by atoms with Gasteiger partial charge in [0.1, 0.15) is 5.58 Å². The van der Waals surface area contributed by atoms with Crippen LogP contribution in [-0.2, 0) is 4.79 Å². The van der Waals surface area contributed by atoms with Gasteiger partial charge in [-0.1, -0.05) is 24.3 Å². The number of carbonyl (C=O) groups excluding carboxylic acids is 3. The number of hydrogen-bond donors (Lipinski definition) is 1. The first-order valence-corrected chi connectivity index (χ1v) is 11.1. The first-order valence-electron chi connectivity index (χ1n) is 10.3. The summed E-state index contributed by atoms with van der Waals surface area (Å²) in [7, 11) is 1.54. The van der Waals surface area contributed by atoms with E-state index >= 15 is 0 Å². The Kier molecular flexibility index (Phi) is 6.69. The maximum Gasteiger partial charge on any atom is 0.293 e. The molecule has 2 aromatic carbocycles. The number of ether oxygens (including phenoxy) is 2. The van der Waals surface area contributed by atoms with Crippen molar-refractivity contribution >= 4 is 45.9 Å². The van der Waals surface area contributed by atoms with Crippen LogP contribution in [0.2, 0.25) is 0 Å². The quantitative estimate of drug-likeness (QED) is 0.494. The molecule has 1 saturated heterocycles. The van der Waals surface area contributed by atoms with Gasteiger partial charge in [-0.25, -0.2) is 0 Å². The molecule has 4 rings (SSSR count). The van der Waals surface area contributed by atoms with Crippen LogP contribution in [0.5, 0.6) is 11.5 Å². The highest BCUT2D eigenvalue weighted by molar-refractivity contribution is 8.18. The van der Waals surface area contributed by atoms with Gasteiger partial charge in [0.2, 0.25) is 0 Å². The molecule has 0 bridgehead atoms. The Morgan fingerprint density at radius 2 is 1.97 bits per heavy atom. The number of fused-ring (bicyclic) bond motifs is 1. The predicted octanol–water partition coefficient (Wildman–Crippen LogP) is 4.31. The van der Waals surface area contributed by atoms with Crippen molar-refractivity contribution in [3.05, 3.63) is 64.8 Å². The summed E-state index contributed by atoms with van der Waals surface area (Å²) in [6, 6.07) is 14.2. The largest absolute Gasteiger partial charge is 0.493 e. The summed E-state index contributed by atoms with van der Waals surface area (Å²) < 4.78 is 16.4. The summed E-state index contributed by atoms with van der Waals surface area (Å²) in [6.45, 7) is 2.54. The molecule has 3 aromatic rings. The predicted molar refractivity (Wildman–Crippen MR) is 125 cm³/mol. The number of para-hydroxylation sites is 1. The van der Waals surface area contributed by atoms with E-state index in [1.54, 1.807) is 36.4 Å². The van der Waals surface area contributed by atoms with Gasteiger partial charge in [-0.3, -0.25) is 19.3 Å². The van der Waals surface area contributed by atoms with Crippen LogP contribution in [0, 0.1) is 0 Å². The monoisotopic (exact) mass is 466 g/mol. The van der Waals surface area contributed by atoms with Crippen molar-refractivity contribution < 1.29 is 28.3 Å². The third kappa shape index (κ3) is 4.88. The van der Waals surface area contributed by atoms with Gasteiger partial charge in [0.25, 0.3) is 17.1 Å². The number of nitrogens with one attached hydrogen (secondary N) is 1. The number of benzene rings is 2. The Bertz CT molecular complexity index is 1220. The number of methoxy groups -OCH3 is 1. The Balaban J connectivity index is 1.38. The fraction of sp³-hybridized carbons (Fsp3) is 0.208. The SMILES string of the molecule is CCOc1ccc(/C=C2/SC(=O)N(CCNC(=O)c3cc4ccccc4o3)C2=O)cc1OC. The molecule has 33 heavy (non-hydrogen) atoms. The van der Waals surface area contributed by atoms with E-state index in [0.717, 1.165) is 22.0 Å². The number of furan rings is 1. The van der Waals surface area contributed by atoms with Gasteiger partial charge in [0, 0.05) is 18.5 Å². The minimum Gasteiger partial charge on any atom is -0.493 e. The molecule has 9 heteroatoms. The third-order valence-electron chi connectivity index (χ3n) is 4.93. The Morgan fingerprint density at radius 3 is 2.73 bits per heavy atom. The van der Waals surface area contributed by atoms with E-state index in [4.69, 9.17) is 13.9 Å². The van der Waals surface area contributed by atoms with Gasteiger partial charge in [-0.05, 0) is 54.6 Å². The maximum absolute atomic E-state index is 12.7. The minimum atomic E-state index is -0.407. The van der Waals surface area contributed by atoms with Gasteiger partial charge < -0.3 is 19.2 Å². The first-order chi connectivity index (χ1) is 16.0. The third-order valence-corrected chi connectivity index (χ3v) is 5.84. The number of imide groups is 1. The second-order valence-electron chi connectivity index (χ2n) is 7.08. The van der Waals surface area contributed by atoms with E-state index < -0.39 is 11.8 Å². The Labute approximate surface area is 194 Å². The zero-order valence-electron chi connectivity index (χ0n) is 18.1. The molecule has 0 radical (unpaired) electrons. The molecule has 2 heterocycles. The molecule has 1 aromatic heterocycles. The Morgan fingerprint density at radius 1 is 1.15 bits per heavy atom. The highest BCUT2D eigenvalue weighted by Crippen LogP contribution is 2.34. The molecule has 0 spiro atoms. The number of rotatable bonds is 8. The van der Waals surface area contributed by atoms with Crippen LogP contribution < -0.4 is 14.8 Å². The highest BCUT2D eigenvalue weighted by atomic mass is 32.2. The van der Waals surface area contributed by atoms with Crippen molar-refractivity contribution in [2.45, 2.75) is 6.92 Å². The highest BCUT2D eigenvalue weighted by Gasteiger charge is 2.34. The van der Waals surface area contributed by atoms with E-state index in [0.29, 0.717) is 34.2 Å². The van der Waals surface area contributed by atoms with Crippen molar-refractivity contribution in [2.24, 2.45) is 0 Å². The summed E-state index contributed by atoms with van der Waals surface area (Å²) in [4.78, 5) is 38.9. The number of hydrogen-bond acceptors (Lipinski definition) is 7. The Hall–Kier alpha value is -3.72. The van der Waals surface area contributed by atoms with Crippen LogP contribution >= 0.6 is 11.8 Å². The molecule has 1 aliphatic rings. The van der Waals surface area contributed by atoms with Gasteiger partial charge in [-0.2, -0.15) is 0 Å². The minimum absolute atomic E-state index is 0.0561. The number of thioether (sulfide) groups is 1. The molecule has 1 fully saturated rings. The topological polar surface area (TPSA) is 98.1 Å². The average molecular weight is 467 g/mol. The molecule has 170 valence electrons. The molecule has 0 saturated carbocycles.